The third kappa shape index (κ3) is 7.67. The van der Waals surface area contributed by atoms with Crippen LogP contribution in [0.5, 0.6) is 0 Å². The molecule has 4 rings (SSSR count). The number of nitrogens with zero attached hydrogens (tertiary/aromatic N) is 2. The fraction of sp³-hybridized carbons (Fsp3) is 0.310. The smallest absolute Gasteiger partial charge is 0.264 e. The molecule has 7 nitrogen and oxygen atoms in total. The first-order valence-electron chi connectivity index (χ1n) is 13.0. The summed E-state index contributed by atoms with van der Waals surface area (Å²) in [6.45, 7) is 0.897. The molecule has 1 fully saturated rings. The maximum Gasteiger partial charge on any atom is 0.264 e. The maximum atomic E-state index is 14.1. The number of hydrogen-bond acceptors (Lipinski definition) is 4. The van der Waals surface area contributed by atoms with Crippen molar-refractivity contribution in [2.24, 2.45) is 0 Å². The van der Waals surface area contributed by atoms with Crippen LogP contribution in [-0.2, 0) is 26.2 Å². The molecule has 3 aromatic rings. The third-order valence-corrected chi connectivity index (χ3v) is 9.93. The van der Waals surface area contributed by atoms with Crippen LogP contribution in [0.2, 0.25) is 20.1 Å². The number of rotatable bonds is 10. The largest absolute Gasteiger partial charge is 0.352 e. The maximum absolute atomic E-state index is 14.1. The molecule has 218 valence electrons. The number of anilines is 1. The lowest BCUT2D eigenvalue weighted by atomic mass is 10.1. The van der Waals surface area contributed by atoms with Gasteiger partial charge in [0.1, 0.15) is 12.6 Å². The van der Waals surface area contributed by atoms with Gasteiger partial charge in [0.2, 0.25) is 11.8 Å². The van der Waals surface area contributed by atoms with Crippen LogP contribution < -0.4 is 9.62 Å². The van der Waals surface area contributed by atoms with Crippen molar-refractivity contribution in [3.63, 3.8) is 0 Å². The van der Waals surface area contributed by atoms with Crippen molar-refractivity contribution < 1.29 is 18.0 Å². The molecule has 1 saturated carbocycles. The van der Waals surface area contributed by atoms with E-state index in [1.807, 2.05) is 0 Å². The average molecular weight is 657 g/mol. The molecule has 1 aliphatic carbocycles. The molecule has 1 aliphatic rings. The molecule has 0 saturated heterocycles. The Kier molecular flexibility index (Phi) is 10.5. The van der Waals surface area contributed by atoms with Crippen molar-refractivity contribution >= 4 is 73.9 Å². The van der Waals surface area contributed by atoms with Gasteiger partial charge in [-0.3, -0.25) is 13.9 Å². The minimum atomic E-state index is -4.27. The second-order valence-corrected chi connectivity index (χ2v) is 13.4. The molecule has 0 bridgehead atoms. The van der Waals surface area contributed by atoms with Crippen molar-refractivity contribution in [2.75, 3.05) is 10.8 Å². The summed E-state index contributed by atoms with van der Waals surface area (Å²) in [5, 5.41) is 4.07. The van der Waals surface area contributed by atoms with E-state index in [4.69, 9.17) is 46.4 Å². The SMILES string of the molecule is CC(C(=O)NC1CCCC1)N(Cc1ccc(Cl)cc1Cl)C(=O)CN(c1cc(Cl)ccc1Cl)S(=O)(=O)c1ccccc1. The lowest BCUT2D eigenvalue weighted by Gasteiger charge is -2.33. The summed E-state index contributed by atoms with van der Waals surface area (Å²) >= 11 is 25.2. The van der Waals surface area contributed by atoms with E-state index >= 15 is 0 Å². The Morgan fingerprint density at radius 1 is 0.902 bits per heavy atom. The van der Waals surface area contributed by atoms with Gasteiger partial charge in [-0.2, -0.15) is 0 Å². The summed E-state index contributed by atoms with van der Waals surface area (Å²) in [7, 11) is -4.27. The Balaban J connectivity index is 1.73. The van der Waals surface area contributed by atoms with Gasteiger partial charge in [0.05, 0.1) is 15.6 Å². The highest BCUT2D eigenvalue weighted by molar-refractivity contribution is 7.92. The number of carbonyl (C=O) groups is 2. The second-order valence-electron chi connectivity index (χ2n) is 9.84. The number of hydrogen-bond donors (Lipinski definition) is 1. The molecular formula is C29H29Cl4N3O4S. The fourth-order valence-corrected chi connectivity index (χ4v) is 7.07. The lowest BCUT2D eigenvalue weighted by Crippen LogP contribution is -2.52. The summed E-state index contributed by atoms with van der Waals surface area (Å²) < 4.78 is 28.7. The van der Waals surface area contributed by atoms with E-state index in [9.17, 15) is 18.0 Å². The Hall–Kier alpha value is -2.49. The summed E-state index contributed by atoms with van der Waals surface area (Å²) in [4.78, 5) is 28.7. The summed E-state index contributed by atoms with van der Waals surface area (Å²) in [6, 6.07) is 16.0. The van der Waals surface area contributed by atoms with Gasteiger partial charge in [0.15, 0.2) is 0 Å². The molecule has 1 N–H and O–H groups in total. The van der Waals surface area contributed by atoms with Gasteiger partial charge in [-0.25, -0.2) is 8.42 Å². The quantitative estimate of drug-likeness (QED) is 0.255. The normalized spacial score (nSPS) is 14.5. The average Bonchev–Trinajstić information content (AvgIpc) is 3.45. The Labute approximate surface area is 260 Å². The van der Waals surface area contributed by atoms with Crippen molar-refractivity contribution in [1.82, 2.24) is 10.2 Å². The lowest BCUT2D eigenvalue weighted by molar-refractivity contribution is -0.139. The van der Waals surface area contributed by atoms with Crippen molar-refractivity contribution in [2.45, 2.75) is 56.1 Å². The van der Waals surface area contributed by atoms with E-state index in [1.165, 1.54) is 35.2 Å². The van der Waals surface area contributed by atoms with E-state index < -0.39 is 28.5 Å². The fourth-order valence-electron chi connectivity index (χ4n) is 4.72. The summed E-state index contributed by atoms with van der Waals surface area (Å²) in [6.07, 6.45) is 3.78. The van der Waals surface area contributed by atoms with E-state index in [2.05, 4.69) is 5.32 Å². The zero-order valence-electron chi connectivity index (χ0n) is 22.2. The van der Waals surface area contributed by atoms with Crippen LogP contribution in [0.4, 0.5) is 5.69 Å². The zero-order chi connectivity index (χ0) is 29.7. The Bertz CT molecular complexity index is 1520. The molecular weight excluding hydrogens is 628 g/mol. The molecule has 41 heavy (non-hydrogen) atoms. The third-order valence-electron chi connectivity index (χ3n) is 7.01. The Morgan fingerprint density at radius 2 is 1.54 bits per heavy atom. The molecule has 1 atom stereocenters. The number of amides is 2. The minimum Gasteiger partial charge on any atom is -0.352 e. The monoisotopic (exact) mass is 655 g/mol. The molecule has 0 aromatic heterocycles. The molecule has 1 unspecified atom stereocenters. The minimum absolute atomic E-state index is 0.0289. The van der Waals surface area contributed by atoms with Gasteiger partial charge in [-0.1, -0.05) is 83.5 Å². The molecule has 2 amide bonds. The van der Waals surface area contributed by atoms with Gasteiger partial charge in [-0.05, 0) is 67.8 Å². The predicted octanol–water partition coefficient (Wildman–Crippen LogP) is 6.97. The highest BCUT2D eigenvalue weighted by Gasteiger charge is 2.34. The number of halogens is 4. The van der Waals surface area contributed by atoms with Crippen LogP contribution in [0.1, 0.15) is 38.2 Å². The van der Waals surface area contributed by atoms with E-state index in [-0.39, 0.29) is 39.1 Å². The van der Waals surface area contributed by atoms with E-state index in [0.29, 0.717) is 15.6 Å². The van der Waals surface area contributed by atoms with Gasteiger partial charge >= 0.3 is 0 Å². The van der Waals surface area contributed by atoms with Crippen LogP contribution in [0, 0.1) is 0 Å². The number of nitrogens with one attached hydrogen (secondary N) is 1. The molecule has 12 heteroatoms. The summed E-state index contributed by atoms with van der Waals surface area (Å²) in [5.74, 6) is -0.978. The number of benzene rings is 3. The van der Waals surface area contributed by atoms with Crippen molar-refractivity contribution in [3.8, 4) is 0 Å². The van der Waals surface area contributed by atoms with Crippen molar-refractivity contribution in [1.29, 1.82) is 0 Å². The van der Waals surface area contributed by atoms with Gasteiger partial charge < -0.3 is 10.2 Å². The van der Waals surface area contributed by atoms with Crippen LogP contribution in [0.15, 0.2) is 71.6 Å². The second kappa shape index (κ2) is 13.7. The molecule has 0 spiro atoms. The molecule has 0 radical (unpaired) electrons. The summed E-state index contributed by atoms with van der Waals surface area (Å²) in [5.41, 5.74) is 0.576. The first kappa shape index (κ1) is 31.4. The highest BCUT2D eigenvalue weighted by Crippen LogP contribution is 2.33. The van der Waals surface area contributed by atoms with E-state index in [1.54, 1.807) is 43.3 Å². The van der Waals surface area contributed by atoms with Crippen LogP contribution >= 0.6 is 46.4 Å². The molecule has 3 aromatic carbocycles. The molecule has 0 heterocycles. The van der Waals surface area contributed by atoms with Gasteiger partial charge in [-0.15, -0.1) is 0 Å². The van der Waals surface area contributed by atoms with Crippen LogP contribution in [-0.4, -0.2) is 43.8 Å². The van der Waals surface area contributed by atoms with Gasteiger partial charge in [0, 0.05) is 27.7 Å². The predicted molar refractivity (Wildman–Crippen MR) is 164 cm³/mol. The van der Waals surface area contributed by atoms with Gasteiger partial charge in [0.25, 0.3) is 10.0 Å². The number of carbonyl (C=O) groups excluding carboxylic acids is 2. The molecule has 0 aliphatic heterocycles. The topological polar surface area (TPSA) is 86.8 Å². The van der Waals surface area contributed by atoms with Crippen LogP contribution in [0.25, 0.3) is 0 Å². The van der Waals surface area contributed by atoms with Crippen LogP contribution in [0.3, 0.4) is 0 Å². The first-order chi connectivity index (χ1) is 19.5. The number of sulfonamides is 1. The Morgan fingerprint density at radius 3 is 2.20 bits per heavy atom. The standard InChI is InChI=1S/C29H29Cl4N3O4S/c1-19(29(38)34-23-7-5-6-8-23)35(17-20-11-12-21(30)15-26(20)33)28(37)18-36(27-16-22(31)13-14-25(27)32)41(39,40)24-9-3-2-4-10-24/h2-4,9-16,19,23H,5-8,17-18H2,1H3,(H,34,38). The highest BCUT2D eigenvalue weighted by atomic mass is 35.5. The van der Waals surface area contributed by atoms with Crippen molar-refractivity contribution in [3.05, 3.63) is 92.4 Å². The van der Waals surface area contributed by atoms with E-state index in [0.717, 1.165) is 30.0 Å². The first-order valence-corrected chi connectivity index (χ1v) is 16.0. The zero-order valence-corrected chi connectivity index (χ0v) is 26.0.